The number of halogens is 1. The standard InChI is InChI=1S/C19H20ClN5O2S/c1-12(26)23-10-14-6-7-17(27-14)16-11-28-19(24-16)25-18(21)22-9-8-13-4-2-3-5-15(13)20/h2-7,11H,8-10H2,1H3,(H,23,26)(H3,21,22,24,25). The minimum atomic E-state index is -0.109. The first-order valence-corrected chi connectivity index (χ1v) is 9.86. The highest BCUT2D eigenvalue weighted by Crippen LogP contribution is 2.26. The molecular formula is C19H20ClN5O2S. The van der Waals surface area contributed by atoms with Gasteiger partial charge in [0.15, 0.2) is 16.9 Å². The zero-order valence-electron chi connectivity index (χ0n) is 15.2. The fraction of sp³-hybridized carbons (Fsp3) is 0.211. The van der Waals surface area contributed by atoms with Crippen LogP contribution in [0.15, 0.2) is 51.2 Å². The number of benzene rings is 1. The second kappa shape index (κ2) is 9.38. The summed E-state index contributed by atoms with van der Waals surface area (Å²) in [6.07, 6.45) is 0.703. The number of nitrogens with two attached hydrogens (primary N) is 1. The molecule has 9 heteroatoms. The van der Waals surface area contributed by atoms with E-state index >= 15 is 0 Å². The van der Waals surface area contributed by atoms with Crippen LogP contribution < -0.4 is 16.4 Å². The number of carbonyl (C=O) groups excluding carboxylic acids is 1. The van der Waals surface area contributed by atoms with Crippen molar-refractivity contribution in [3.8, 4) is 11.5 Å². The summed E-state index contributed by atoms with van der Waals surface area (Å²) in [5.41, 5.74) is 7.65. The molecule has 0 bridgehead atoms. The Bertz CT molecular complexity index is 982. The zero-order chi connectivity index (χ0) is 19.9. The maximum absolute atomic E-state index is 11.0. The third-order valence-electron chi connectivity index (χ3n) is 3.79. The monoisotopic (exact) mass is 417 g/mol. The average Bonchev–Trinajstić information content (AvgIpc) is 3.31. The minimum absolute atomic E-state index is 0.109. The molecule has 2 heterocycles. The molecule has 28 heavy (non-hydrogen) atoms. The van der Waals surface area contributed by atoms with Gasteiger partial charge in [-0.2, -0.15) is 0 Å². The fourth-order valence-corrected chi connectivity index (χ4v) is 3.35. The first-order valence-electron chi connectivity index (χ1n) is 8.60. The number of hydrogen-bond donors (Lipinski definition) is 3. The summed E-state index contributed by atoms with van der Waals surface area (Å²) in [6, 6.07) is 11.3. The molecule has 0 aliphatic rings. The highest BCUT2D eigenvalue weighted by molar-refractivity contribution is 7.14. The van der Waals surface area contributed by atoms with Crippen LogP contribution in [0.25, 0.3) is 11.5 Å². The number of nitrogens with one attached hydrogen (secondary N) is 2. The maximum atomic E-state index is 11.0. The molecule has 0 aliphatic carbocycles. The SMILES string of the molecule is CC(=O)NCc1ccc(-c2csc(NC(N)=NCCc3ccccc3Cl)n2)o1. The third kappa shape index (κ3) is 5.58. The van der Waals surface area contributed by atoms with E-state index in [4.69, 9.17) is 21.8 Å². The largest absolute Gasteiger partial charge is 0.458 e. The van der Waals surface area contributed by atoms with Crippen molar-refractivity contribution >= 4 is 39.9 Å². The predicted octanol–water partition coefficient (Wildman–Crippen LogP) is 3.66. The fourth-order valence-electron chi connectivity index (χ4n) is 2.41. The lowest BCUT2D eigenvalue weighted by molar-refractivity contribution is -0.119. The molecule has 0 saturated carbocycles. The predicted molar refractivity (Wildman–Crippen MR) is 113 cm³/mol. The van der Waals surface area contributed by atoms with Crippen molar-refractivity contribution in [2.75, 3.05) is 11.9 Å². The third-order valence-corrected chi connectivity index (χ3v) is 4.91. The summed E-state index contributed by atoms with van der Waals surface area (Å²) < 4.78 is 5.69. The van der Waals surface area contributed by atoms with Gasteiger partial charge in [-0.15, -0.1) is 11.3 Å². The Labute approximate surface area is 171 Å². The smallest absolute Gasteiger partial charge is 0.217 e. The Kier molecular flexibility index (Phi) is 6.67. The summed E-state index contributed by atoms with van der Waals surface area (Å²) in [7, 11) is 0. The summed E-state index contributed by atoms with van der Waals surface area (Å²) >= 11 is 7.53. The quantitative estimate of drug-likeness (QED) is 0.402. The number of hydrogen-bond acceptors (Lipinski definition) is 5. The second-order valence-corrected chi connectivity index (χ2v) is 7.21. The molecule has 4 N–H and O–H groups in total. The topological polar surface area (TPSA) is 106 Å². The molecule has 0 spiro atoms. The van der Waals surface area contributed by atoms with Gasteiger partial charge >= 0.3 is 0 Å². The number of thiazole rings is 1. The molecule has 0 saturated heterocycles. The molecule has 0 fully saturated rings. The van der Waals surface area contributed by atoms with Gasteiger partial charge in [-0.1, -0.05) is 29.8 Å². The number of amides is 1. The van der Waals surface area contributed by atoms with Crippen molar-refractivity contribution in [3.63, 3.8) is 0 Å². The van der Waals surface area contributed by atoms with Crippen molar-refractivity contribution in [1.29, 1.82) is 0 Å². The normalized spacial score (nSPS) is 11.4. The van der Waals surface area contributed by atoms with Crippen LogP contribution in [-0.2, 0) is 17.8 Å². The number of aliphatic imine (C=N–C) groups is 1. The Morgan fingerprint density at radius 1 is 1.32 bits per heavy atom. The van der Waals surface area contributed by atoms with E-state index in [1.54, 1.807) is 0 Å². The number of rotatable bonds is 7. The second-order valence-electron chi connectivity index (χ2n) is 5.95. The first-order chi connectivity index (χ1) is 13.5. The Morgan fingerprint density at radius 2 is 2.14 bits per heavy atom. The maximum Gasteiger partial charge on any atom is 0.217 e. The zero-order valence-corrected chi connectivity index (χ0v) is 16.8. The summed E-state index contributed by atoms with van der Waals surface area (Å²) in [6.45, 7) is 2.32. The highest BCUT2D eigenvalue weighted by Gasteiger charge is 2.10. The van der Waals surface area contributed by atoms with E-state index in [9.17, 15) is 4.79 Å². The van der Waals surface area contributed by atoms with Gasteiger partial charge < -0.3 is 20.8 Å². The molecule has 0 radical (unpaired) electrons. The molecule has 3 rings (SSSR count). The van der Waals surface area contributed by atoms with Crippen LogP contribution in [0.3, 0.4) is 0 Å². The van der Waals surface area contributed by atoms with E-state index in [-0.39, 0.29) is 5.91 Å². The number of guanidine groups is 1. The van der Waals surface area contributed by atoms with Gasteiger partial charge in [-0.3, -0.25) is 9.79 Å². The van der Waals surface area contributed by atoms with Gasteiger partial charge in [0.2, 0.25) is 5.91 Å². The molecule has 3 aromatic rings. The van der Waals surface area contributed by atoms with E-state index in [1.807, 2.05) is 41.8 Å². The molecule has 146 valence electrons. The summed E-state index contributed by atoms with van der Waals surface area (Å²) in [5.74, 6) is 1.47. The first kappa shape index (κ1) is 19.9. The van der Waals surface area contributed by atoms with Crippen molar-refractivity contribution in [1.82, 2.24) is 10.3 Å². The van der Waals surface area contributed by atoms with Gasteiger partial charge in [0, 0.05) is 23.9 Å². The Hall–Kier alpha value is -2.84. The van der Waals surface area contributed by atoms with Gasteiger partial charge in [-0.05, 0) is 30.2 Å². The van der Waals surface area contributed by atoms with Crippen LogP contribution in [0.1, 0.15) is 18.2 Å². The van der Waals surface area contributed by atoms with Crippen molar-refractivity contribution in [2.45, 2.75) is 19.9 Å². The van der Waals surface area contributed by atoms with Gasteiger partial charge in [0.05, 0.1) is 6.54 Å². The lowest BCUT2D eigenvalue weighted by atomic mass is 10.1. The van der Waals surface area contributed by atoms with E-state index in [0.717, 1.165) is 10.6 Å². The number of carbonyl (C=O) groups is 1. The highest BCUT2D eigenvalue weighted by atomic mass is 35.5. The number of aromatic nitrogens is 1. The summed E-state index contributed by atoms with van der Waals surface area (Å²) in [4.78, 5) is 19.7. The molecule has 2 aromatic heterocycles. The molecule has 1 amide bonds. The lowest BCUT2D eigenvalue weighted by Gasteiger charge is -2.03. The molecule has 0 unspecified atom stereocenters. The van der Waals surface area contributed by atoms with Crippen LogP contribution in [0.5, 0.6) is 0 Å². The van der Waals surface area contributed by atoms with Crippen LogP contribution in [0.4, 0.5) is 5.13 Å². The number of nitrogens with zero attached hydrogens (tertiary/aromatic N) is 2. The van der Waals surface area contributed by atoms with Crippen molar-refractivity contribution in [2.24, 2.45) is 10.7 Å². The average molecular weight is 418 g/mol. The van der Waals surface area contributed by atoms with Crippen LogP contribution in [0.2, 0.25) is 5.02 Å². The van der Waals surface area contributed by atoms with Crippen LogP contribution in [-0.4, -0.2) is 23.4 Å². The van der Waals surface area contributed by atoms with E-state index in [2.05, 4.69) is 20.6 Å². The molecule has 1 aromatic carbocycles. The van der Waals surface area contributed by atoms with Gasteiger partial charge in [0.1, 0.15) is 11.5 Å². The number of anilines is 1. The van der Waals surface area contributed by atoms with E-state index in [1.165, 1.54) is 18.3 Å². The number of furan rings is 1. The molecule has 0 atom stereocenters. The van der Waals surface area contributed by atoms with E-state index in [0.29, 0.717) is 47.8 Å². The Balaban J connectivity index is 1.55. The summed E-state index contributed by atoms with van der Waals surface area (Å²) in [5, 5.41) is 8.88. The van der Waals surface area contributed by atoms with E-state index < -0.39 is 0 Å². The van der Waals surface area contributed by atoms with Crippen LogP contribution >= 0.6 is 22.9 Å². The van der Waals surface area contributed by atoms with Crippen LogP contribution in [0, 0.1) is 0 Å². The lowest BCUT2D eigenvalue weighted by Crippen LogP contribution is -2.23. The van der Waals surface area contributed by atoms with Crippen molar-refractivity contribution < 1.29 is 9.21 Å². The molecule has 0 aliphatic heterocycles. The van der Waals surface area contributed by atoms with Gasteiger partial charge in [-0.25, -0.2) is 4.98 Å². The molecule has 7 nitrogen and oxygen atoms in total. The molecular weight excluding hydrogens is 398 g/mol. The van der Waals surface area contributed by atoms with Crippen molar-refractivity contribution in [3.05, 3.63) is 58.1 Å². The van der Waals surface area contributed by atoms with Gasteiger partial charge in [0.25, 0.3) is 0 Å². The minimum Gasteiger partial charge on any atom is -0.458 e. The Morgan fingerprint density at radius 3 is 2.93 bits per heavy atom.